The molecule has 4 heteroatoms. The monoisotopic (exact) mass is 291 g/mol. The van der Waals surface area contributed by atoms with Crippen LogP contribution in [0.25, 0.3) is 0 Å². The normalized spacial score (nSPS) is 22.3. The zero-order valence-corrected chi connectivity index (χ0v) is 12.7. The Balaban J connectivity index is 2.36. The smallest absolute Gasteiger partial charge is 0.101 e. The highest BCUT2D eigenvalue weighted by Crippen LogP contribution is 2.33. The first-order valence-corrected chi connectivity index (χ1v) is 7.75. The first-order chi connectivity index (χ1) is 9.71. The summed E-state index contributed by atoms with van der Waals surface area (Å²) in [5, 5.41) is 10.0. The molecule has 2 unspecified atom stereocenters. The molecule has 0 spiro atoms. The molecule has 0 bridgehead atoms. The van der Waals surface area contributed by atoms with E-state index in [0.717, 1.165) is 18.7 Å². The standard InChI is InChI=1S/C16H22ClN3/c1-2-20(15-6-4-3-5-12(15)10-18)16-9-14(17)8-7-13(16)11-19/h7-9,12,15H,2-6,10,18H2,1H3. The molecule has 1 aromatic rings. The molecular weight excluding hydrogens is 270 g/mol. The quantitative estimate of drug-likeness (QED) is 0.923. The molecule has 0 amide bonds. The molecule has 0 saturated heterocycles. The first kappa shape index (κ1) is 15.2. The summed E-state index contributed by atoms with van der Waals surface area (Å²) in [4.78, 5) is 2.32. The second kappa shape index (κ2) is 6.97. The van der Waals surface area contributed by atoms with Gasteiger partial charge >= 0.3 is 0 Å². The topological polar surface area (TPSA) is 53.0 Å². The van der Waals surface area contributed by atoms with Crippen molar-refractivity contribution in [3.05, 3.63) is 28.8 Å². The van der Waals surface area contributed by atoms with Gasteiger partial charge in [0, 0.05) is 17.6 Å². The Morgan fingerprint density at radius 2 is 2.15 bits per heavy atom. The van der Waals surface area contributed by atoms with Crippen LogP contribution >= 0.6 is 11.6 Å². The fourth-order valence-corrected chi connectivity index (χ4v) is 3.46. The summed E-state index contributed by atoms with van der Waals surface area (Å²) < 4.78 is 0. The van der Waals surface area contributed by atoms with Gasteiger partial charge in [0.2, 0.25) is 0 Å². The molecule has 2 atom stereocenters. The molecule has 2 N–H and O–H groups in total. The largest absolute Gasteiger partial charge is 0.367 e. The van der Waals surface area contributed by atoms with E-state index >= 15 is 0 Å². The van der Waals surface area contributed by atoms with Crippen molar-refractivity contribution in [1.29, 1.82) is 5.26 Å². The van der Waals surface area contributed by atoms with Crippen molar-refractivity contribution in [3.63, 3.8) is 0 Å². The molecule has 0 aromatic heterocycles. The predicted octanol–water partition coefficient (Wildman–Crippen LogP) is 3.56. The summed E-state index contributed by atoms with van der Waals surface area (Å²) in [5.41, 5.74) is 7.59. The molecule has 0 aliphatic heterocycles. The molecular formula is C16H22ClN3. The maximum Gasteiger partial charge on any atom is 0.101 e. The molecule has 3 nitrogen and oxygen atoms in total. The second-order valence-corrected chi connectivity index (χ2v) is 5.84. The third kappa shape index (κ3) is 3.08. The highest BCUT2D eigenvalue weighted by Gasteiger charge is 2.29. The lowest BCUT2D eigenvalue weighted by Crippen LogP contribution is -2.45. The maximum absolute atomic E-state index is 9.33. The van der Waals surface area contributed by atoms with E-state index < -0.39 is 0 Å². The van der Waals surface area contributed by atoms with Crippen LogP contribution in [0.5, 0.6) is 0 Å². The highest BCUT2D eigenvalue weighted by molar-refractivity contribution is 6.30. The SMILES string of the molecule is CCN(c1cc(Cl)ccc1C#N)C1CCCCC1CN. The van der Waals surface area contributed by atoms with Crippen molar-refractivity contribution in [1.82, 2.24) is 0 Å². The van der Waals surface area contributed by atoms with E-state index in [2.05, 4.69) is 17.9 Å². The third-order valence-corrected chi connectivity index (χ3v) is 4.54. The Kier molecular flexibility index (Phi) is 5.28. The van der Waals surface area contributed by atoms with Crippen LogP contribution in [0.15, 0.2) is 18.2 Å². The minimum Gasteiger partial charge on any atom is -0.367 e. The summed E-state index contributed by atoms with van der Waals surface area (Å²) >= 11 is 6.12. The lowest BCUT2D eigenvalue weighted by atomic mass is 9.83. The van der Waals surface area contributed by atoms with E-state index in [0.29, 0.717) is 29.1 Å². The van der Waals surface area contributed by atoms with E-state index in [9.17, 15) is 5.26 Å². The summed E-state index contributed by atoms with van der Waals surface area (Å²) in [6.45, 7) is 3.71. The van der Waals surface area contributed by atoms with Crippen LogP contribution < -0.4 is 10.6 Å². The van der Waals surface area contributed by atoms with Crippen LogP contribution in [0.1, 0.15) is 38.2 Å². The van der Waals surface area contributed by atoms with E-state index in [1.807, 2.05) is 6.07 Å². The Morgan fingerprint density at radius 1 is 1.40 bits per heavy atom. The molecule has 0 heterocycles. The Bertz CT molecular complexity index is 495. The van der Waals surface area contributed by atoms with Gasteiger partial charge in [0.25, 0.3) is 0 Å². The van der Waals surface area contributed by atoms with Crippen molar-refractivity contribution in [3.8, 4) is 6.07 Å². The van der Waals surface area contributed by atoms with Crippen molar-refractivity contribution >= 4 is 17.3 Å². The van der Waals surface area contributed by atoms with Crippen LogP contribution in [-0.2, 0) is 0 Å². The van der Waals surface area contributed by atoms with Gasteiger partial charge in [0.15, 0.2) is 0 Å². The fourth-order valence-electron chi connectivity index (χ4n) is 3.29. The minimum atomic E-state index is 0.421. The number of hydrogen-bond acceptors (Lipinski definition) is 3. The maximum atomic E-state index is 9.33. The Labute approximate surface area is 126 Å². The second-order valence-electron chi connectivity index (χ2n) is 5.41. The fraction of sp³-hybridized carbons (Fsp3) is 0.562. The van der Waals surface area contributed by atoms with Gasteiger partial charge < -0.3 is 10.6 Å². The zero-order valence-electron chi connectivity index (χ0n) is 12.0. The summed E-state index contributed by atoms with van der Waals surface area (Å²) in [6.07, 6.45) is 4.82. The Morgan fingerprint density at radius 3 is 2.80 bits per heavy atom. The average molecular weight is 292 g/mol. The molecule has 20 heavy (non-hydrogen) atoms. The van der Waals surface area contributed by atoms with Crippen molar-refractivity contribution in [2.24, 2.45) is 11.7 Å². The van der Waals surface area contributed by atoms with Gasteiger partial charge in [-0.3, -0.25) is 0 Å². The number of hydrogen-bond donors (Lipinski definition) is 1. The first-order valence-electron chi connectivity index (χ1n) is 7.37. The molecule has 0 radical (unpaired) electrons. The lowest BCUT2D eigenvalue weighted by molar-refractivity contribution is 0.300. The molecule has 1 aromatic carbocycles. The average Bonchev–Trinajstić information content (AvgIpc) is 2.49. The molecule has 2 rings (SSSR count). The molecule has 108 valence electrons. The van der Waals surface area contributed by atoms with Gasteiger partial charge in [-0.15, -0.1) is 0 Å². The van der Waals surface area contributed by atoms with Gasteiger partial charge in [0.1, 0.15) is 6.07 Å². The minimum absolute atomic E-state index is 0.421. The van der Waals surface area contributed by atoms with Gasteiger partial charge in [-0.1, -0.05) is 24.4 Å². The molecule has 1 fully saturated rings. The highest BCUT2D eigenvalue weighted by atomic mass is 35.5. The van der Waals surface area contributed by atoms with Gasteiger partial charge in [0.05, 0.1) is 11.3 Å². The zero-order chi connectivity index (χ0) is 14.5. The lowest BCUT2D eigenvalue weighted by Gasteiger charge is -2.41. The summed E-state index contributed by atoms with van der Waals surface area (Å²) in [5.74, 6) is 0.509. The van der Waals surface area contributed by atoms with Crippen molar-refractivity contribution < 1.29 is 0 Å². The number of halogens is 1. The molecule has 1 aliphatic rings. The summed E-state index contributed by atoms with van der Waals surface area (Å²) in [6, 6.07) is 8.19. The van der Waals surface area contributed by atoms with Crippen LogP contribution in [0, 0.1) is 17.2 Å². The number of nitrogens with zero attached hydrogens (tertiary/aromatic N) is 2. The number of nitrogens with two attached hydrogens (primary N) is 1. The van der Waals surface area contributed by atoms with E-state index in [-0.39, 0.29) is 0 Å². The number of nitriles is 1. The van der Waals surface area contributed by atoms with E-state index in [1.165, 1.54) is 19.3 Å². The summed E-state index contributed by atoms with van der Waals surface area (Å²) in [7, 11) is 0. The van der Waals surface area contributed by atoms with Crippen LogP contribution in [0.2, 0.25) is 5.02 Å². The van der Waals surface area contributed by atoms with E-state index in [1.54, 1.807) is 12.1 Å². The Hall–Kier alpha value is -1.24. The van der Waals surface area contributed by atoms with Crippen LogP contribution in [0.4, 0.5) is 5.69 Å². The molecule has 1 saturated carbocycles. The molecule has 1 aliphatic carbocycles. The number of benzene rings is 1. The van der Waals surface area contributed by atoms with Gasteiger partial charge in [-0.2, -0.15) is 5.26 Å². The van der Waals surface area contributed by atoms with Crippen LogP contribution in [0.3, 0.4) is 0 Å². The van der Waals surface area contributed by atoms with Crippen molar-refractivity contribution in [2.75, 3.05) is 18.0 Å². The third-order valence-electron chi connectivity index (χ3n) is 4.30. The predicted molar refractivity (Wildman–Crippen MR) is 84.0 cm³/mol. The van der Waals surface area contributed by atoms with Gasteiger partial charge in [-0.25, -0.2) is 0 Å². The van der Waals surface area contributed by atoms with E-state index in [4.69, 9.17) is 17.3 Å². The van der Waals surface area contributed by atoms with Crippen LogP contribution in [-0.4, -0.2) is 19.1 Å². The number of anilines is 1. The van der Waals surface area contributed by atoms with Gasteiger partial charge in [-0.05, 0) is 50.4 Å². The van der Waals surface area contributed by atoms with Crippen molar-refractivity contribution in [2.45, 2.75) is 38.6 Å². The number of rotatable bonds is 4.